The molecule has 2 N–H and O–H groups in total. The standard InChI is InChI=1S/C30H34ClF2N7O4/c1-16-9-19-18(11-34-38-19)20(22(16)31)24-23(33)25-21(27(35-24)42-3)26(39-7-8-43-14-29(2,41)13-39)37-28(36-25)44-15-30-5-4-6-40(30)12-17(32)10-30/h9,11,17,41H,4-8,10,12-15H2,1-3H3,(H,34,38). The Morgan fingerprint density at radius 3 is 2.93 bits per heavy atom. The van der Waals surface area contributed by atoms with Crippen LogP contribution in [-0.2, 0) is 4.74 Å². The van der Waals surface area contributed by atoms with Crippen LogP contribution in [0.2, 0.25) is 5.02 Å². The first-order valence-electron chi connectivity index (χ1n) is 14.7. The van der Waals surface area contributed by atoms with Crippen molar-refractivity contribution in [2.75, 3.05) is 58.0 Å². The van der Waals surface area contributed by atoms with E-state index in [9.17, 15) is 9.50 Å². The second-order valence-corrected chi connectivity index (χ2v) is 12.8. The molecule has 3 aliphatic heterocycles. The molecule has 11 nitrogen and oxygen atoms in total. The molecule has 3 fully saturated rings. The fourth-order valence-electron chi connectivity index (χ4n) is 6.97. The summed E-state index contributed by atoms with van der Waals surface area (Å²) in [4.78, 5) is 17.8. The number of fused-ring (bicyclic) bond motifs is 3. The highest BCUT2D eigenvalue weighted by Gasteiger charge is 2.49. The summed E-state index contributed by atoms with van der Waals surface area (Å²) in [5.41, 5.74) is -0.0826. The maximum atomic E-state index is 16.9. The van der Waals surface area contributed by atoms with Crippen molar-refractivity contribution < 1.29 is 28.1 Å². The number of anilines is 1. The minimum atomic E-state index is -1.21. The minimum Gasteiger partial charge on any atom is -0.480 e. The number of alkyl halides is 1. The van der Waals surface area contributed by atoms with Crippen LogP contribution in [0.5, 0.6) is 11.9 Å². The van der Waals surface area contributed by atoms with Gasteiger partial charge in [0.2, 0.25) is 5.88 Å². The quantitative estimate of drug-likeness (QED) is 0.321. The number of β-amino-alcohol motifs (C(OH)–C–C–N with tert-alkyl or cyclic N) is 1. The molecule has 14 heteroatoms. The molecule has 0 aliphatic carbocycles. The van der Waals surface area contributed by atoms with E-state index in [1.807, 2.05) is 13.0 Å². The van der Waals surface area contributed by atoms with E-state index < -0.39 is 23.1 Å². The van der Waals surface area contributed by atoms with Crippen molar-refractivity contribution in [3.05, 3.63) is 28.7 Å². The number of ether oxygens (including phenoxy) is 3. The third-order valence-electron chi connectivity index (χ3n) is 8.99. The summed E-state index contributed by atoms with van der Waals surface area (Å²) < 4.78 is 48.9. The first kappa shape index (κ1) is 29.3. The fourth-order valence-corrected chi connectivity index (χ4v) is 7.22. The number of hydrogen-bond donors (Lipinski definition) is 2. The summed E-state index contributed by atoms with van der Waals surface area (Å²) in [6, 6.07) is 1.77. The third-order valence-corrected chi connectivity index (χ3v) is 9.47. The lowest BCUT2D eigenvalue weighted by Gasteiger charge is -2.31. The van der Waals surface area contributed by atoms with Crippen LogP contribution in [-0.4, -0.2) is 106 Å². The van der Waals surface area contributed by atoms with Crippen LogP contribution in [0, 0.1) is 12.7 Å². The first-order chi connectivity index (χ1) is 21.1. The largest absolute Gasteiger partial charge is 0.480 e. The van der Waals surface area contributed by atoms with Crippen LogP contribution in [0.15, 0.2) is 12.3 Å². The number of nitrogens with one attached hydrogen (secondary N) is 1. The van der Waals surface area contributed by atoms with Crippen LogP contribution in [0.4, 0.5) is 14.6 Å². The Kier molecular flexibility index (Phi) is 7.26. The van der Waals surface area contributed by atoms with Crippen molar-refractivity contribution in [1.82, 2.24) is 30.0 Å². The Hall–Kier alpha value is -3.39. The van der Waals surface area contributed by atoms with E-state index in [-0.39, 0.29) is 54.1 Å². The van der Waals surface area contributed by atoms with Gasteiger partial charge in [0.15, 0.2) is 5.82 Å². The zero-order valence-electron chi connectivity index (χ0n) is 24.8. The van der Waals surface area contributed by atoms with Crippen molar-refractivity contribution in [1.29, 1.82) is 0 Å². The molecule has 3 unspecified atom stereocenters. The van der Waals surface area contributed by atoms with Crippen LogP contribution >= 0.6 is 11.6 Å². The summed E-state index contributed by atoms with van der Waals surface area (Å²) in [6.45, 7) is 5.75. The molecule has 1 aromatic carbocycles. The van der Waals surface area contributed by atoms with Gasteiger partial charge in [-0.1, -0.05) is 11.6 Å². The number of aryl methyl sites for hydroxylation is 1. The van der Waals surface area contributed by atoms with Crippen molar-refractivity contribution in [3.8, 4) is 23.1 Å². The Balaban J connectivity index is 1.42. The second kappa shape index (κ2) is 10.9. The van der Waals surface area contributed by atoms with Crippen LogP contribution < -0.4 is 14.4 Å². The molecule has 0 saturated carbocycles. The minimum absolute atomic E-state index is 0.0622. The summed E-state index contributed by atoms with van der Waals surface area (Å²) >= 11 is 6.77. The summed E-state index contributed by atoms with van der Waals surface area (Å²) in [5.74, 6) is -0.383. The number of aromatic nitrogens is 5. The summed E-state index contributed by atoms with van der Waals surface area (Å²) in [7, 11) is 1.44. The fraction of sp³-hybridized carbons (Fsp3) is 0.533. The predicted octanol–water partition coefficient (Wildman–Crippen LogP) is 4.22. The lowest BCUT2D eigenvalue weighted by atomic mass is 9.95. The molecular weight excluding hydrogens is 596 g/mol. The van der Waals surface area contributed by atoms with E-state index in [0.717, 1.165) is 19.4 Å². The molecule has 0 spiro atoms. The highest BCUT2D eigenvalue weighted by Crippen LogP contribution is 2.44. The molecule has 3 saturated heterocycles. The molecule has 6 heterocycles. The number of aromatic amines is 1. The zero-order valence-corrected chi connectivity index (χ0v) is 25.5. The molecule has 3 aliphatic rings. The number of H-pyrrole nitrogens is 1. The van der Waals surface area contributed by atoms with Crippen molar-refractivity contribution in [2.24, 2.45) is 0 Å². The lowest BCUT2D eigenvalue weighted by molar-refractivity contribution is -0.0123. The molecule has 3 aromatic heterocycles. The number of nitrogens with zero attached hydrogens (tertiary/aromatic N) is 6. The van der Waals surface area contributed by atoms with Gasteiger partial charge in [0.25, 0.3) is 0 Å². The number of rotatable bonds is 6. The van der Waals surface area contributed by atoms with Crippen LogP contribution in [0.3, 0.4) is 0 Å². The SMILES string of the molecule is COc1nc(-c2c(Cl)c(C)cc3[nH]ncc23)c(F)c2nc(OCC34CCCN3CC(F)C4)nc(N3CCOCC(C)(O)C3)c12. The van der Waals surface area contributed by atoms with Gasteiger partial charge in [0.05, 0.1) is 49.1 Å². The van der Waals surface area contributed by atoms with Crippen LogP contribution in [0.1, 0.15) is 31.7 Å². The normalized spacial score (nSPS) is 26.0. The molecule has 0 amide bonds. The molecule has 44 heavy (non-hydrogen) atoms. The number of pyridine rings is 1. The number of aliphatic hydroxyl groups is 1. The van der Waals surface area contributed by atoms with Crippen LogP contribution in [0.25, 0.3) is 33.1 Å². The monoisotopic (exact) mass is 629 g/mol. The summed E-state index contributed by atoms with van der Waals surface area (Å²) in [6.07, 6.45) is 2.74. The van der Waals surface area contributed by atoms with Gasteiger partial charge in [-0.15, -0.1) is 0 Å². The number of methoxy groups -OCH3 is 1. The Morgan fingerprint density at radius 2 is 2.11 bits per heavy atom. The maximum absolute atomic E-state index is 16.9. The Bertz CT molecular complexity index is 1750. The molecular formula is C30H34ClF2N7O4. The van der Waals surface area contributed by atoms with Gasteiger partial charge in [-0.2, -0.15) is 15.1 Å². The molecule has 3 atom stereocenters. The zero-order chi connectivity index (χ0) is 30.8. The van der Waals surface area contributed by atoms with Gasteiger partial charge in [-0.3, -0.25) is 10.00 Å². The molecule has 7 rings (SSSR count). The summed E-state index contributed by atoms with van der Waals surface area (Å²) in [5, 5.41) is 19.1. The van der Waals surface area contributed by atoms with Crippen molar-refractivity contribution >= 4 is 39.2 Å². The van der Waals surface area contributed by atoms with E-state index >= 15 is 4.39 Å². The van der Waals surface area contributed by atoms with Crippen molar-refractivity contribution in [2.45, 2.75) is 50.4 Å². The number of halogens is 3. The maximum Gasteiger partial charge on any atom is 0.319 e. The van der Waals surface area contributed by atoms with E-state index in [2.05, 4.69) is 25.1 Å². The molecule has 234 valence electrons. The van der Waals surface area contributed by atoms with Crippen molar-refractivity contribution in [3.63, 3.8) is 0 Å². The third kappa shape index (κ3) is 4.90. The van der Waals surface area contributed by atoms with Gasteiger partial charge < -0.3 is 24.2 Å². The average Bonchev–Trinajstić information content (AvgIpc) is 3.65. The molecule has 0 radical (unpaired) electrons. The number of benzene rings is 1. The van der Waals surface area contributed by atoms with Gasteiger partial charge in [0, 0.05) is 30.5 Å². The topological polar surface area (TPSA) is 122 Å². The highest BCUT2D eigenvalue weighted by atomic mass is 35.5. The Labute approximate surface area is 257 Å². The van der Waals surface area contributed by atoms with Gasteiger partial charge >= 0.3 is 6.01 Å². The van der Waals surface area contributed by atoms with Gasteiger partial charge in [-0.25, -0.2) is 13.8 Å². The Morgan fingerprint density at radius 1 is 1.27 bits per heavy atom. The second-order valence-electron chi connectivity index (χ2n) is 12.4. The average molecular weight is 630 g/mol. The molecule has 0 bridgehead atoms. The van der Waals surface area contributed by atoms with E-state index in [0.29, 0.717) is 53.2 Å². The molecule has 4 aromatic rings. The van der Waals surface area contributed by atoms with E-state index in [4.69, 9.17) is 30.8 Å². The smallest absolute Gasteiger partial charge is 0.319 e. The number of hydrogen-bond acceptors (Lipinski definition) is 10. The van der Waals surface area contributed by atoms with Gasteiger partial charge in [-0.05, 0) is 44.9 Å². The van der Waals surface area contributed by atoms with E-state index in [1.54, 1.807) is 18.0 Å². The lowest BCUT2D eigenvalue weighted by Crippen LogP contribution is -2.44. The van der Waals surface area contributed by atoms with E-state index in [1.165, 1.54) is 7.11 Å². The highest BCUT2D eigenvalue weighted by molar-refractivity contribution is 6.35. The predicted molar refractivity (Wildman–Crippen MR) is 161 cm³/mol. The van der Waals surface area contributed by atoms with Gasteiger partial charge in [0.1, 0.15) is 40.8 Å². The first-order valence-corrected chi connectivity index (χ1v) is 15.1.